The van der Waals surface area contributed by atoms with Crippen molar-refractivity contribution < 1.29 is 24.2 Å². The van der Waals surface area contributed by atoms with Crippen LogP contribution in [0.1, 0.15) is 18.1 Å². The summed E-state index contributed by atoms with van der Waals surface area (Å²) in [6.45, 7) is 3.97. The lowest BCUT2D eigenvalue weighted by atomic mass is 10.0. The zero-order valence-corrected chi connectivity index (χ0v) is 20.3. The van der Waals surface area contributed by atoms with E-state index < -0.39 is 17.8 Å². The van der Waals surface area contributed by atoms with Crippen LogP contribution in [-0.2, 0) is 9.59 Å². The van der Waals surface area contributed by atoms with Crippen LogP contribution < -0.4 is 14.5 Å². The second kappa shape index (κ2) is 9.62. The molecule has 0 aromatic heterocycles. The van der Waals surface area contributed by atoms with Crippen LogP contribution >= 0.6 is 0 Å². The molecule has 4 amide bonds. The first-order chi connectivity index (χ1) is 17.9. The monoisotopic (exact) mass is 492 g/mol. The number of amides is 4. The number of hydrogen-bond donors (Lipinski definition) is 1. The van der Waals surface area contributed by atoms with E-state index in [0.717, 1.165) is 20.7 Å². The summed E-state index contributed by atoms with van der Waals surface area (Å²) in [4.78, 5) is 43.4. The smallest absolute Gasteiger partial charge is 0.343 e. The Balaban J connectivity index is 1.70. The summed E-state index contributed by atoms with van der Waals surface area (Å²) in [7, 11) is 0. The molecule has 0 radical (unpaired) electrons. The summed E-state index contributed by atoms with van der Waals surface area (Å²) in [6, 6.07) is 23.6. The highest BCUT2D eigenvalue weighted by Crippen LogP contribution is 2.35. The standard InChI is InChI=1S/C30H24N2O5/c1-3-37-27-18-20(14-15-26(27)33)17-24-28(34)31(22-11-6-8-19(2)16-22)30(36)32(29(24)35)25-13-7-10-21-9-4-5-12-23(21)25/h4-18,33H,3H2,1-2H3/b24-17+. The molecule has 0 spiro atoms. The zero-order chi connectivity index (χ0) is 26.1. The highest BCUT2D eigenvalue weighted by molar-refractivity contribution is 6.46. The quantitative estimate of drug-likeness (QED) is 0.280. The van der Waals surface area contributed by atoms with Gasteiger partial charge in [0.1, 0.15) is 5.57 Å². The molecule has 1 N–H and O–H groups in total. The number of carbonyl (C=O) groups is 3. The molecule has 4 aromatic carbocycles. The van der Waals surface area contributed by atoms with E-state index in [2.05, 4.69) is 0 Å². The Morgan fingerprint density at radius 3 is 2.35 bits per heavy atom. The van der Waals surface area contributed by atoms with Gasteiger partial charge in [-0.2, -0.15) is 0 Å². The van der Waals surface area contributed by atoms with Crippen molar-refractivity contribution in [3.05, 3.63) is 102 Å². The Kier molecular flexibility index (Phi) is 6.19. The number of fused-ring (bicyclic) bond motifs is 1. The number of benzene rings is 4. The van der Waals surface area contributed by atoms with Gasteiger partial charge in [-0.3, -0.25) is 9.59 Å². The number of aromatic hydroxyl groups is 1. The molecule has 1 aliphatic heterocycles. The molecule has 0 unspecified atom stereocenters. The lowest BCUT2D eigenvalue weighted by Crippen LogP contribution is -2.57. The van der Waals surface area contributed by atoms with Gasteiger partial charge in [-0.25, -0.2) is 14.6 Å². The van der Waals surface area contributed by atoms with Crippen LogP contribution in [0.5, 0.6) is 11.5 Å². The van der Waals surface area contributed by atoms with E-state index in [1.807, 2.05) is 43.3 Å². The van der Waals surface area contributed by atoms with Crippen molar-refractivity contribution in [2.24, 2.45) is 0 Å². The van der Waals surface area contributed by atoms with Gasteiger partial charge in [0.25, 0.3) is 11.8 Å². The third-order valence-corrected chi connectivity index (χ3v) is 6.11. The Morgan fingerprint density at radius 2 is 1.57 bits per heavy atom. The van der Waals surface area contributed by atoms with Crippen LogP contribution in [-0.4, -0.2) is 29.6 Å². The van der Waals surface area contributed by atoms with E-state index >= 15 is 0 Å². The molecular weight excluding hydrogens is 468 g/mol. The van der Waals surface area contributed by atoms with Gasteiger partial charge < -0.3 is 9.84 Å². The number of ether oxygens (including phenoxy) is 1. The fraction of sp³-hybridized carbons (Fsp3) is 0.100. The van der Waals surface area contributed by atoms with Gasteiger partial charge in [0.2, 0.25) is 0 Å². The van der Waals surface area contributed by atoms with E-state index in [4.69, 9.17) is 4.74 Å². The number of phenols is 1. The van der Waals surface area contributed by atoms with Crippen LogP contribution in [0.2, 0.25) is 0 Å². The van der Waals surface area contributed by atoms with Gasteiger partial charge in [0.15, 0.2) is 11.5 Å². The first-order valence-corrected chi connectivity index (χ1v) is 11.8. The molecule has 5 rings (SSSR count). The lowest BCUT2D eigenvalue weighted by Gasteiger charge is -2.34. The number of hydrogen-bond acceptors (Lipinski definition) is 5. The number of aryl methyl sites for hydroxylation is 1. The van der Waals surface area contributed by atoms with Crippen molar-refractivity contribution >= 4 is 46.1 Å². The fourth-order valence-electron chi connectivity index (χ4n) is 4.40. The predicted octanol–water partition coefficient (Wildman–Crippen LogP) is 5.84. The third-order valence-electron chi connectivity index (χ3n) is 6.11. The molecule has 37 heavy (non-hydrogen) atoms. The normalized spacial score (nSPS) is 15.1. The predicted molar refractivity (Wildman–Crippen MR) is 143 cm³/mol. The molecule has 7 nitrogen and oxygen atoms in total. The number of barbiturate groups is 1. The maximum absolute atomic E-state index is 13.8. The maximum Gasteiger partial charge on any atom is 0.343 e. The van der Waals surface area contributed by atoms with Gasteiger partial charge in [0.05, 0.1) is 18.0 Å². The highest BCUT2D eigenvalue weighted by atomic mass is 16.5. The van der Waals surface area contributed by atoms with Gasteiger partial charge in [0, 0.05) is 5.39 Å². The van der Waals surface area contributed by atoms with E-state index in [-0.39, 0.29) is 17.1 Å². The SMILES string of the molecule is CCOc1cc(/C=C2\C(=O)N(c3cccc(C)c3)C(=O)N(c3cccc4ccccc34)C2=O)ccc1O. The van der Waals surface area contributed by atoms with Gasteiger partial charge in [-0.05, 0) is 66.8 Å². The van der Waals surface area contributed by atoms with Gasteiger partial charge in [-0.1, -0.05) is 54.6 Å². The van der Waals surface area contributed by atoms with Crippen LogP contribution in [0, 0.1) is 6.92 Å². The van der Waals surface area contributed by atoms with E-state index in [0.29, 0.717) is 28.9 Å². The number of anilines is 2. The minimum atomic E-state index is -0.755. The summed E-state index contributed by atoms with van der Waals surface area (Å²) in [5, 5.41) is 11.6. The second-order valence-electron chi connectivity index (χ2n) is 8.62. The molecule has 7 heteroatoms. The van der Waals surface area contributed by atoms with E-state index in [1.54, 1.807) is 49.4 Å². The molecule has 0 aliphatic carbocycles. The van der Waals surface area contributed by atoms with Crippen LogP contribution in [0.25, 0.3) is 16.8 Å². The topological polar surface area (TPSA) is 87.2 Å². The molecule has 1 fully saturated rings. The summed E-state index contributed by atoms with van der Waals surface area (Å²) in [5.74, 6) is -1.30. The zero-order valence-electron chi connectivity index (χ0n) is 20.3. The Hall–Kier alpha value is -4.91. The Labute approximate surface area is 213 Å². The highest BCUT2D eigenvalue weighted by Gasteiger charge is 2.44. The number of urea groups is 1. The lowest BCUT2D eigenvalue weighted by molar-refractivity contribution is -0.121. The van der Waals surface area contributed by atoms with Crippen molar-refractivity contribution in [1.29, 1.82) is 0 Å². The molecule has 1 aliphatic rings. The molecule has 1 heterocycles. The molecule has 184 valence electrons. The summed E-state index contributed by atoms with van der Waals surface area (Å²) >= 11 is 0. The van der Waals surface area contributed by atoms with Crippen molar-refractivity contribution in [2.45, 2.75) is 13.8 Å². The van der Waals surface area contributed by atoms with Crippen molar-refractivity contribution in [3.63, 3.8) is 0 Å². The van der Waals surface area contributed by atoms with Crippen molar-refractivity contribution in [3.8, 4) is 11.5 Å². The van der Waals surface area contributed by atoms with E-state index in [1.165, 1.54) is 12.1 Å². The number of carbonyl (C=O) groups excluding carboxylic acids is 3. The minimum Gasteiger partial charge on any atom is -0.504 e. The Morgan fingerprint density at radius 1 is 0.838 bits per heavy atom. The van der Waals surface area contributed by atoms with Gasteiger partial charge in [-0.15, -0.1) is 0 Å². The van der Waals surface area contributed by atoms with Crippen molar-refractivity contribution in [1.82, 2.24) is 0 Å². The summed E-state index contributed by atoms with van der Waals surface area (Å²) < 4.78 is 5.46. The van der Waals surface area contributed by atoms with Crippen LogP contribution in [0.15, 0.2) is 90.5 Å². The molecule has 0 atom stereocenters. The summed E-state index contributed by atoms with van der Waals surface area (Å²) in [5.41, 5.74) is 1.87. The number of nitrogens with zero attached hydrogens (tertiary/aromatic N) is 2. The maximum atomic E-state index is 13.8. The Bertz CT molecular complexity index is 1580. The average Bonchev–Trinajstić information content (AvgIpc) is 2.89. The fourth-order valence-corrected chi connectivity index (χ4v) is 4.40. The molecular formula is C30H24N2O5. The summed E-state index contributed by atoms with van der Waals surface area (Å²) in [6.07, 6.45) is 1.42. The van der Waals surface area contributed by atoms with Gasteiger partial charge >= 0.3 is 6.03 Å². The van der Waals surface area contributed by atoms with Crippen LogP contribution in [0.4, 0.5) is 16.2 Å². The average molecular weight is 493 g/mol. The molecule has 1 saturated heterocycles. The number of imide groups is 2. The number of phenolic OH excluding ortho intramolecular Hbond substituents is 1. The second-order valence-corrected chi connectivity index (χ2v) is 8.62. The van der Waals surface area contributed by atoms with E-state index in [9.17, 15) is 19.5 Å². The molecule has 0 bridgehead atoms. The first kappa shape index (κ1) is 23.8. The largest absolute Gasteiger partial charge is 0.504 e. The first-order valence-electron chi connectivity index (χ1n) is 11.8. The van der Waals surface area contributed by atoms with Crippen LogP contribution in [0.3, 0.4) is 0 Å². The third kappa shape index (κ3) is 4.31. The molecule has 4 aromatic rings. The van der Waals surface area contributed by atoms with Crippen molar-refractivity contribution in [2.75, 3.05) is 16.4 Å². The minimum absolute atomic E-state index is 0.0563. The molecule has 0 saturated carbocycles. The number of rotatable bonds is 5.